The Bertz CT molecular complexity index is 919. The number of hydrogen-bond donors (Lipinski definition) is 0. The van der Waals surface area contributed by atoms with Gasteiger partial charge in [-0.25, -0.2) is 9.78 Å². The molecule has 158 valence electrons. The van der Waals surface area contributed by atoms with Crippen molar-refractivity contribution in [2.24, 2.45) is 0 Å². The van der Waals surface area contributed by atoms with E-state index in [4.69, 9.17) is 4.74 Å². The van der Waals surface area contributed by atoms with Gasteiger partial charge in [0.1, 0.15) is 11.4 Å². The van der Waals surface area contributed by atoms with Gasteiger partial charge in [-0.1, -0.05) is 24.3 Å². The fraction of sp³-hybridized carbons (Fsp3) is 0.458. The van der Waals surface area contributed by atoms with Crippen LogP contribution in [0.4, 0.5) is 10.6 Å². The van der Waals surface area contributed by atoms with E-state index in [2.05, 4.69) is 4.98 Å². The number of rotatable bonds is 4. The molecule has 6 nitrogen and oxygen atoms in total. The van der Waals surface area contributed by atoms with Gasteiger partial charge in [0.25, 0.3) is 5.91 Å². The number of carbonyl (C=O) groups is 2. The summed E-state index contributed by atoms with van der Waals surface area (Å²) in [5, 5.41) is 0. The van der Waals surface area contributed by atoms with E-state index in [0.717, 1.165) is 31.2 Å². The van der Waals surface area contributed by atoms with Crippen molar-refractivity contribution in [3.8, 4) is 0 Å². The molecule has 2 amide bonds. The molecule has 1 aromatic heterocycles. The second kappa shape index (κ2) is 8.09. The Balaban J connectivity index is 1.67. The lowest BCUT2D eigenvalue weighted by atomic mass is 10.0. The van der Waals surface area contributed by atoms with E-state index in [-0.39, 0.29) is 24.1 Å². The van der Waals surface area contributed by atoms with Crippen molar-refractivity contribution >= 4 is 17.8 Å². The lowest BCUT2D eigenvalue weighted by Crippen LogP contribution is -2.40. The minimum absolute atomic E-state index is 0.0168. The zero-order chi connectivity index (χ0) is 21.3. The van der Waals surface area contributed by atoms with E-state index in [1.807, 2.05) is 68.1 Å². The van der Waals surface area contributed by atoms with Gasteiger partial charge in [-0.3, -0.25) is 9.69 Å². The Morgan fingerprint density at radius 2 is 1.80 bits per heavy atom. The molecule has 2 heterocycles. The molecule has 2 fully saturated rings. The minimum atomic E-state index is -0.582. The Kier molecular flexibility index (Phi) is 5.50. The zero-order valence-corrected chi connectivity index (χ0v) is 17.9. The number of nitrogens with zero attached hydrogens (tertiary/aromatic N) is 3. The fourth-order valence-electron chi connectivity index (χ4n) is 4.00. The number of pyridine rings is 1. The molecule has 2 aliphatic rings. The first-order valence-corrected chi connectivity index (χ1v) is 10.7. The second-order valence-electron chi connectivity index (χ2n) is 9.02. The molecule has 1 atom stereocenters. The van der Waals surface area contributed by atoms with Crippen molar-refractivity contribution < 1.29 is 14.3 Å². The topological polar surface area (TPSA) is 62.7 Å². The molecule has 6 heteroatoms. The second-order valence-corrected chi connectivity index (χ2v) is 9.02. The summed E-state index contributed by atoms with van der Waals surface area (Å²) in [5.74, 6) is 0.634. The van der Waals surface area contributed by atoms with Crippen LogP contribution < -0.4 is 4.90 Å². The standard InChI is InChI=1S/C24H29N3O3/c1-24(2,3)30-23(29)27(18-13-14-18)21-19(11-7-15-25-21)20-12-8-16-26(20)22(28)17-9-5-4-6-10-17/h4-7,9-11,15,18,20H,8,12-14,16H2,1-3H3/t20-/m0/s1. The maximum Gasteiger partial charge on any atom is 0.416 e. The van der Waals surface area contributed by atoms with Crippen LogP contribution in [-0.2, 0) is 4.74 Å². The van der Waals surface area contributed by atoms with Crippen LogP contribution in [-0.4, -0.2) is 40.1 Å². The first-order valence-electron chi connectivity index (χ1n) is 10.7. The predicted octanol–water partition coefficient (Wildman–Crippen LogP) is 4.96. The smallest absolute Gasteiger partial charge is 0.416 e. The predicted molar refractivity (Wildman–Crippen MR) is 115 cm³/mol. The highest BCUT2D eigenvalue weighted by molar-refractivity contribution is 5.95. The van der Waals surface area contributed by atoms with E-state index >= 15 is 0 Å². The maximum atomic E-state index is 13.2. The number of anilines is 1. The lowest BCUT2D eigenvalue weighted by Gasteiger charge is -2.31. The molecule has 1 aromatic carbocycles. The van der Waals surface area contributed by atoms with Crippen LogP contribution >= 0.6 is 0 Å². The summed E-state index contributed by atoms with van der Waals surface area (Å²) in [7, 11) is 0. The molecule has 0 unspecified atom stereocenters. The summed E-state index contributed by atoms with van der Waals surface area (Å²) in [6, 6.07) is 13.2. The number of aromatic nitrogens is 1. The van der Waals surface area contributed by atoms with Crippen molar-refractivity contribution in [3.05, 3.63) is 59.8 Å². The molecule has 1 aliphatic heterocycles. The number of hydrogen-bond acceptors (Lipinski definition) is 4. The number of carbonyl (C=O) groups excluding carboxylic acids is 2. The van der Waals surface area contributed by atoms with Gasteiger partial charge in [0.2, 0.25) is 0 Å². The molecular formula is C24H29N3O3. The normalized spacial score (nSPS) is 18.9. The maximum absolute atomic E-state index is 13.2. The molecule has 1 saturated heterocycles. The number of amides is 2. The molecule has 1 saturated carbocycles. The monoisotopic (exact) mass is 407 g/mol. The van der Waals surface area contributed by atoms with Crippen molar-refractivity contribution in [1.29, 1.82) is 0 Å². The first kappa shape index (κ1) is 20.4. The highest BCUT2D eigenvalue weighted by Crippen LogP contribution is 2.40. The molecule has 1 aliphatic carbocycles. The summed E-state index contributed by atoms with van der Waals surface area (Å²) in [4.78, 5) is 34.4. The third-order valence-electron chi connectivity index (χ3n) is 5.44. The third kappa shape index (κ3) is 4.32. The molecule has 0 bridgehead atoms. The number of likely N-dealkylation sites (tertiary alicyclic amines) is 1. The molecule has 2 aromatic rings. The van der Waals surface area contributed by atoms with Gasteiger partial charge in [-0.15, -0.1) is 0 Å². The van der Waals surface area contributed by atoms with E-state index in [9.17, 15) is 9.59 Å². The van der Waals surface area contributed by atoms with Gasteiger partial charge in [0, 0.05) is 29.9 Å². The number of benzene rings is 1. The van der Waals surface area contributed by atoms with Crippen LogP contribution in [0.3, 0.4) is 0 Å². The van der Waals surface area contributed by atoms with Crippen LogP contribution in [0.25, 0.3) is 0 Å². The van der Waals surface area contributed by atoms with E-state index < -0.39 is 5.60 Å². The Labute approximate surface area is 177 Å². The first-order chi connectivity index (χ1) is 14.3. The quantitative estimate of drug-likeness (QED) is 0.718. The van der Waals surface area contributed by atoms with Crippen molar-refractivity contribution in [3.63, 3.8) is 0 Å². The summed E-state index contributed by atoms with van der Waals surface area (Å²) in [5.41, 5.74) is 1.01. The molecule has 30 heavy (non-hydrogen) atoms. The summed E-state index contributed by atoms with van der Waals surface area (Å²) < 4.78 is 5.68. The highest BCUT2D eigenvalue weighted by atomic mass is 16.6. The summed E-state index contributed by atoms with van der Waals surface area (Å²) >= 11 is 0. The SMILES string of the molecule is CC(C)(C)OC(=O)N(c1ncccc1[C@@H]1CCCN1C(=O)c1ccccc1)C1CC1. The van der Waals surface area contributed by atoms with Gasteiger partial charge >= 0.3 is 6.09 Å². The van der Waals surface area contributed by atoms with Gasteiger partial charge < -0.3 is 9.64 Å². The van der Waals surface area contributed by atoms with Crippen LogP contribution in [0.1, 0.15) is 68.4 Å². The van der Waals surface area contributed by atoms with E-state index in [1.165, 1.54) is 0 Å². The van der Waals surface area contributed by atoms with Crippen LogP contribution in [0.5, 0.6) is 0 Å². The van der Waals surface area contributed by atoms with Gasteiger partial charge in [-0.05, 0) is 64.7 Å². The lowest BCUT2D eigenvalue weighted by molar-refractivity contribution is 0.0576. The Hall–Kier alpha value is -2.89. The molecule has 0 spiro atoms. The van der Waals surface area contributed by atoms with Gasteiger partial charge in [0.15, 0.2) is 0 Å². The third-order valence-corrected chi connectivity index (χ3v) is 5.44. The van der Waals surface area contributed by atoms with E-state index in [0.29, 0.717) is 17.9 Å². The molecule has 0 radical (unpaired) electrons. The summed E-state index contributed by atoms with van der Waals surface area (Å²) in [6.45, 7) is 6.30. The van der Waals surface area contributed by atoms with Crippen LogP contribution in [0.2, 0.25) is 0 Å². The average Bonchev–Trinajstić information content (AvgIpc) is 3.42. The fourth-order valence-corrected chi connectivity index (χ4v) is 4.00. The highest BCUT2D eigenvalue weighted by Gasteiger charge is 2.41. The van der Waals surface area contributed by atoms with Gasteiger partial charge in [-0.2, -0.15) is 0 Å². The Morgan fingerprint density at radius 3 is 2.47 bits per heavy atom. The average molecular weight is 408 g/mol. The van der Waals surface area contributed by atoms with Crippen molar-refractivity contribution in [2.75, 3.05) is 11.4 Å². The van der Waals surface area contributed by atoms with Crippen LogP contribution in [0.15, 0.2) is 48.7 Å². The largest absolute Gasteiger partial charge is 0.443 e. The molecule has 4 rings (SSSR count). The summed E-state index contributed by atoms with van der Waals surface area (Å²) in [6.07, 6.45) is 4.98. The molecule has 0 N–H and O–H groups in total. The number of ether oxygens (including phenoxy) is 1. The van der Waals surface area contributed by atoms with E-state index in [1.54, 1.807) is 11.1 Å². The minimum Gasteiger partial charge on any atom is -0.443 e. The van der Waals surface area contributed by atoms with Crippen molar-refractivity contribution in [2.45, 2.75) is 64.1 Å². The zero-order valence-electron chi connectivity index (χ0n) is 17.9. The Morgan fingerprint density at radius 1 is 1.07 bits per heavy atom. The molecular weight excluding hydrogens is 378 g/mol. The van der Waals surface area contributed by atoms with Crippen molar-refractivity contribution in [1.82, 2.24) is 9.88 Å². The van der Waals surface area contributed by atoms with Gasteiger partial charge in [0.05, 0.1) is 6.04 Å². The van der Waals surface area contributed by atoms with Crippen LogP contribution in [0, 0.1) is 0 Å².